The van der Waals surface area contributed by atoms with Crippen LogP contribution < -0.4 is 11.1 Å². The first-order valence-electron chi connectivity index (χ1n) is 5.81. The zero-order valence-electron chi connectivity index (χ0n) is 10.8. The van der Waals surface area contributed by atoms with Crippen molar-refractivity contribution in [3.63, 3.8) is 0 Å². The Hall–Kier alpha value is -2.21. The van der Waals surface area contributed by atoms with Gasteiger partial charge >= 0.3 is 0 Å². The summed E-state index contributed by atoms with van der Waals surface area (Å²) in [5.74, 6) is -0.420. The van der Waals surface area contributed by atoms with Crippen LogP contribution in [-0.4, -0.2) is 15.7 Å². The summed E-state index contributed by atoms with van der Waals surface area (Å²) in [4.78, 5) is 12.0. The molecule has 5 nitrogen and oxygen atoms in total. The van der Waals surface area contributed by atoms with Crippen molar-refractivity contribution in [2.24, 2.45) is 12.8 Å². The number of nitrogens with one attached hydrogen (secondary N) is 1. The Bertz CT molecular complexity index is 621. The molecule has 0 saturated carbocycles. The molecule has 3 N–H and O–H groups in total. The summed E-state index contributed by atoms with van der Waals surface area (Å²) in [5, 5.41) is 6.73. The van der Waals surface area contributed by atoms with Gasteiger partial charge in [-0.2, -0.15) is 5.10 Å². The number of aromatic nitrogens is 2. The number of carbonyl (C=O) groups excluding carboxylic acids is 1. The molecule has 1 aromatic carbocycles. The number of hydrogen-bond acceptors (Lipinski definition) is 3. The molecule has 1 heterocycles. The number of nitrogens with zero attached hydrogens (tertiary/aromatic N) is 2. The molecule has 0 radical (unpaired) electrons. The summed E-state index contributed by atoms with van der Waals surface area (Å²) < 4.78 is 15.0. The number of hydrogen-bond donors (Lipinski definition) is 2. The number of anilines is 1. The van der Waals surface area contributed by atoms with Crippen LogP contribution in [0.3, 0.4) is 0 Å². The number of amides is 1. The topological polar surface area (TPSA) is 72.9 Å². The number of aryl methyl sites for hydroxylation is 2. The molecule has 0 fully saturated rings. The van der Waals surface area contributed by atoms with E-state index in [1.165, 1.54) is 6.07 Å². The van der Waals surface area contributed by atoms with Gasteiger partial charge in [-0.15, -0.1) is 0 Å². The van der Waals surface area contributed by atoms with Crippen molar-refractivity contribution in [1.29, 1.82) is 0 Å². The second-order valence-electron chi connectivity index (χ2n) is 4.30. The van der Waals surface area contributed by atoms with Gasteiger partial charge in [0.2, 0.25) is 0 Å². The highest BCUT2D eigenvalue weighted by atomic mass is 19.1. The van der Waals surface area contributed by atoms with Crippen LogP contribution in [-0.2, 0) is 13.6 Å². The Morgan fingerprint density at radius 3 is 2.89 bits per heavy atom. The van der Waals surface area contributed by atoms with Crippen LogP contribution in [0.25, 0.3) is 0 Å². The van der Waals surface area contributed by atoms with Crippen LogP contribution in [0.4, 0.5) is 10.2 Å². The molecule has 0 saturated heterocycles. The van der Waals surface area contributed by atoms with E-state index in [0.29, 0.717) is 11.4 Å². The smallest absolute Gasteiger partial charge is 0.256 e. The molecule has 1 aromatic heterocycles. The molecular weight excluding hydrogens is 247 g/mol. The summed E-state index contributed by atoms with van der Waals surface area (Å²) >= 11 is 0. The van der Waals surface area contributed by atoms with Crippen molar-refractivity contribution in [2.75, 3.05) is 5.32 Å². The summed E-state index contributed by atoms with van der Waals surface area (Å²) in [6.07, 6.45) is 1.73. The van der Waals surface area contributed by atoms with Gasteiger partial charge in [-0.3, -0.25) is 9.48 Å². The van der Waals surface area contributed by atoms with Gasteiger partial charge < -0.3 is 11.1 Å². The normalized spacial score (nSPS) is 10.5. The van der Waals surface area contributed by atoms with E-state index in [0.717, 1.165) is 5.56 Å². The zero-order valence-corrected chi connectivity index (χ0v) is 10.8. The molecule has 1 amide bonds. The lowest BCUT2D eigenvalue weighted by atomic mass is 10.1. The van der Waals surface area contributed by atoms with E-state index in [2.05, 4.69) is 10.4 Å². The van der Waals surface area contributed by atoms with Crippen molar-refractivity contribution in [3.05, 3.63) is 46.9 Å². The Labute approximate surface area is 110 Å². The molecule has 19 heavy (non-hydrogen) atoms. The highest BCUT2D eigenvalue weighted by Crippen LogP contribution is 2.14. The third-order valence-electron chi connectivity index (χ3n) is 2.79. The number of benzene rings is 1. The van der Waals surface area contributed by atoms with Crippen LogP contribution in [0.2, 0.25) is 0 Å². The van der Waals surface area contributed by atoms with E-state index >= 15 is 0 Å². The van der Waals surface area contributed by atoms with Gasteiger partial charge in [0.25, 0.3) is 5.91 Å². The van der Waals surface area contributed by atoms with E-state index in [4.69, 9.17) is 5.73 Å². The van der Waals surface area contributed by atoms with E-state index in [1.54, 1.807) is 37.0 Å². The quantitative estimate of drug-likeness (QED) is 0.882. The SMILES string of the molecule is Cc1ccc(C(=O)Nc2nn(C)cc2CN)cc1F. The fourth-order valence-corrected chi connectivity index (χ4v) is 1.71. The molecule has 100 valence electrons. The predicted molar refractivity (Wildman–Crippen MR) is 70.2 cm³/mol. The molecule has 0 spiro atoms. The van der Waals surface area contributed by atoms with Gasteiger partial charge in [0.05, 0.1) is 0 Å². The summed E-state index contributed by atoms with van der Waals surface area (Å²) in [6.45, 7) is 1.91. The van der Waals surface area contributed by atoms with Crippen molar-refractivity contribution >= 4 is 11.7 Å². The van der Waals surface area contributed by atoms with Gasteiger partial charge in [0, 0.05) is 30.9 Å². The van der Waals surface area contributed by atoms with Gasteiger partial charge in [0.1, 0.15) is 5.82 Å². The molecule has 2 rings (SSSR count). The van der Waals surface area contributed by atoms with Crippen LogP contribution >= 0.6 is 0 Å². The standard InChI is InChI=1S/C13H15FN4O/c1-8-3-4-9(5-11(8)14)13(19)16-12-10(6-15)7-18(2)17-12/h3-5,7H,6,15H2,1-2H3,(H,16,17,19). The summed E-state index contributed by atoms with van der Waals surface area (Å²) in [5.41, 5.74) is 7.03. The lowest BCUT2D eigenvalue weighted by molar-refractivity contribution is 0.102. The van der Waals surface area contributed by atoms with Crippen LogP contribution in [0.5, 0.6) is 0 Å². The average molecular weight is 262 g/mol. The second-order valence-corrected chi connectivity index (χ2v) is 4.30. The van der Waals surface area contributed by atoms with Gasteiger partial charge in [-0.25, -0.2) is 4.39 Å². The van der Waals surface area contributed by atoms with E-state index < -0.39 is 11.7 Å². The molecule has 6 heteroatoms. The second kappa shape index (κ2) is 5.19. The van der Waals surface area contributed by atoms with Gasteiger partial charge in [-0.1, -0.05) is 6.07 Å². The third kappa shape index (κ3) is 2.79. The molecule has 2 aromatic rings. The molecule has 0 aliphatic carbocycles. The molecule has 0 atom stereocenters. The van der Waals surface area contributed by atoms with E-state index in [1.807, 2.05) is 0 Å². The Kier molecular flexibility index (Phi) is 3.62. The fraction of sp³-hybridized carbons (Fsp3) is 0.231. The number of halogens is 1. The van der Waals surface area contributed by atoms with Crippen LogP contribution in [0, 0.1) is 12.7 Å². The molecule has 0 aliphatic rings. The average Bonchev–Trinajstić information content (AvgIpc) is 2.72. The highest BCUT2D eigenvalue weighted by molar-refractivity contribution is 6.04. The Balaban J connectivity index is 2.22. The van der Waals surface area contributed by atoms with Crippen molar-refractivity contribution < 1.29 is 9.18 Å². The number of carbonyl (C=O) groups is 1. The monoisotopic (exact) mass is 262 g/mol. The Morgan fingerprint density at radius 1 is 1.53 bits per heavy atom. The zero-order chi connectivity index (χ0) is 14.0. The Morgan fingerprint density at radius 2 is 2.26 bits per heavy atom. The van der Waals surface area contributed by atoms with Crippen molar-refractivity contribution in [1.82, 2.24) is 9.78 Å². The summed E-state index contributed by atoms with van der Waals surface area (Å²) in [6, 6.07) is 4.33. The van der Waals surface area contributed by atoms with E-state index in [9.17, 15) is 9.18 Å². The molecular formula is C13H15FN4O. The van der Waals surface area contributed by atoms with Crippen LogP contribution in [0.1, 0.15) is 21.5 Å². The van der Waals surface area contributed by atoms with Gasteiger partial charge in [0.15, 0.2) is 5.82 Å². The maximum absolute atomic E-state index is 13.4. The largest absolute Gasteiger partial charge is 0.326 e. The third-order valence-corrected chi connectivity index (χ3v) is 2.79. The summed E-state index contributed by atoms with van der Waals surface area (Å²) in [7, 11) is 1.74. The predicted octanol–water partition coefficient (Wildman–Crippen LogP) is 1.58. The first-order valence-corrected chi connectivity index (χ1v) is 5.81. The first kappa shape index (κ1) is 13.2. The highest BCUT2D eigenvalue weighted by Gasteiger charge is 2.12. The van der Waals surface area contributed by atoms with Crippen molar-refractivity contribution in [2.45, 2.75) is 13.5 Å². The molecule has 0 bridgehead atoms. The number of nitrogens with two attached hydrogens (primary N) is 1. The molecule has 0 unspecified atom stereocenters. The minimum absolute atomic E-state index is 0.247. The van der Waals surface area contributed by atoms with Crippen LogP contribution in [0.15, 0.2) is 24.4 Å². The molecule has 0 aliphatic heterocycles. The maximum atomic E-state index is 13.4. The first-order chi connectivity index (χ1) is 9.01. The fourth-order valence-electron chi connectivity index (χ4n) is 1.71. The minimum Gasteiger partial charge on any atom is -0.326 e. The lowest BCUT2D eigenvalue weighted by Gasteiger charge is -2.05. The van der Waals surface area contributed by atoms with Crippen molar-refractivity contribution in [3.8, 4) is 0 Å². The number of rotatable bonds is 3. The minimum atomic E-state index is -0.410. The lowest BCUT2D eigenvalue weighted by Crippen LogP contribution is -2.14. The maximum Gasteiger partial charge on any atom is 0.256 e. The van der Waals surface area contributed by atoms with Gasteiger partial charge in [-0.05, 0) is 24.6 Å². The van der Waals surface area contributed by atoms with E-state index in [-0.39, 0.29) is 12.1 Å².